The molecule has 0 atom stereocenters. The van der Waals surface area contributed by atoms with Crippen LogP contribution >= 0.6 is 23.2 Å². The molecule has 1 amide bonds. The third kappa shape index (κ3) is 3.67. The monoisotopic (exact) mass is 375 g/mol. The molecule has 0 aliphatic heterocycles. The van der Waals surface area contributed by atoms with Gasteiger partial charge in [-0.3, -0.25) is 14.2 Å². The van der Waals surface area contributed by atoms with Crippen LogP contribution in [-0.2, 0) is 17.9 Å². The molecule has 0 N–H and O–H groups in total. The van der Waals surface area contributed by atoms with Gasteiger partial charge in [0.15, 0.2) is 0 Å². The molecule has 128 valence electrons. The number of likely N-dealkylation sites (N-methyl/N-ethyl adjacent to an activating group) is 1. The maximum Gasteiger partial charge on any atom is 0.269 e. The van der Waals surface area contributed by atoms with Crippen molar-refractivity contribution in [3.05, 3.63) is 74.6 Å². The molecule has 2 aromatic carbocycles. The van der Waals surface area contributed by atoms with E-state index in [9.17, 15) is 9.59 Å². The zero-order valence-electron chi connectivity index (χ0n) is 13.4. The van der Waals surface area contributed by atoms with Gasteiger partial charge in [-0.25, -0.2) is 4.98 Å². The van der Waals surface area contributed by atoms with Crippen molar-refractivity contribution in [2.75, 3.05) is 7.05 Å². The Morgan fingerprint density at radius 2 is 1.92 bits per heavy atom. The molecule has 7 heteroatoms. The van der Waals surface area contributed by atoms with Crippen LogP contribution < -0.4 is 5.56 Å². The van der Waals surface area contributed by atoms with Gasteiger partial charge in [0.1, 0.15) is 6.54 Å². The van der Waals surface area contributed by atoms with Gasteiger partial charge in [-0.2, -0.15) is 0 Å². The number of fused-ring (bicyclic) bond motifs is 1. The molecular formula is C18H15Cl2N3O2. The van der Waals surface area contributed by atoms with E-state index in [0.717, 1.165) is 5.56 Å². The molecule has 0 aliphatic rings. The average Bonchev–Trinajstić information content (AvgIpc) is 2.61. The first kappa shape index (κ1) is 17.5. The van der Waals surface area contributed by atoms with E-state index in [1.165, 1.54) is 15.7 Å². The number of rotatable bonds is 4. The highest BCUT2D eigenvalue weighted by Crippen LogP contribution is 2.26. The van der Waals surface area contributed by atoms with Crippen LogP contribution in [0, 0.1) is 0 Å². The number of amides is 1. The van der Waals surface area contributed by atoms with E-state index in [1.807, 2.05) is 12.1 Å². The first-order valence-electron chi connectivity index (χ1n) is 7.59. The number of halogens is 2. The number of hydrogen-bond donors (Lipinski definition) is 0. The second kappa shape index (κ2) is 7.25. The number of hydrogen-bond acceptors (Lipinski definition) is 3. The van der Waals surface area contributed by atoms with Crippen molar-refractivity contribution in [2.45, 2.75) is 13.1 Å². The van der Waals surface area contributed by atoms with E-state index >= 15 is 0 Å². The predicted octanol–water partition coefficient (Wildman–Crippen LogP) is 3.36. The van der Waals surface area contributed by atoms with Crippen molar-refractivity contribution in [2.24, 2.45) is 0 Å². The molecule has 1 heterocycles. The van der Waals surface area contributed by atoms with E-state index in [-0.39, 0.29) is 18.0 Å². The Labute approximate surface area is 154 Å². The minimum Gasteiger partial charge on any atom is -0.340 e. The minimum absolute atomic E-state index is 0.0729. The SMILES string of the molecule is CN(Cc1cccc(Cl)c1Cl)C(=O)Cn1c(=O)cnc2ccccc21. The molecule has 0 fully saturated rings. The van der Waals surface area contributed by atoms with Crippen molar-refractivity contribution in [1.29, 1.82) is 0 Å². The lowest BCUT2D eigenvalue weighted by Gasteiger charge is -2.19. The fraction of sp³-hybridized carbons (Fsp3) is 0.167. The number of benzene rings is 2. The number of para-hydroxylation sites is 2. The zero-order valence-corrected chi connectivity index (χ0v) is 15.0. The molecule has 0 radical (unpaired) electrons. The molecule has 0 saturated carbocycles. The summed E-state index contributed by atoms with van der Waals surface area (Å²) in [5.74, 6) is -0.213. The average molecular weight is 376 g/mol. The van der Waals surface area contributed by atoms with Crippen LogP contribution in [0.2, 0.25) is 10.0 Å². The van der Waals surface area contributed by atoms with Crippen LogP contribution in [0.1, 0.15) is 5.56 Å². The van der Waals surface area contributed by atoms with Gasteiger partial charge in [-0.05, 0) is 23.8 Å². The summed E-state index contributed by atoms with van der Waals surface area (Å²) in [7, 11) is 1.66. The smallest absolute Gasteiger partial charge is 0.269 e. The van der Waals surface area contributed by atoms with Gasteiger partial charge in [0.2, 0.25) is 5.91 Å². The maximum absolute atomic E-state index is 12.6. The topological polar surface area (TPSA) is 55.2 Å². The summed E-state index contributed by atoms with van der Waals surface area (Å²) in [5, 5.41) is 0.867. The van der Waals surface area contributed by atoms with Gasteiger partial charge < -0.3 is 4.90 Å². The molecule has 0 aliphatic carbocycles. The first-order valence-corrected chi connectivity index (χ1v) is 8.34. The summed E-state index contributed by atoms with van der Waals surface area (Å²) in [4.78, 5) is 30.3. The fourth-order valence-corrected chi connectivity index (χ4v) is 2.93. The Hall–Kier alpha value is -2.37. The highest BCUT2D eigenvalue weighted by molar-refractivity contribution is 6.42. The molecule has 0 spiro atoms. The van der Waals surface area contributed by atoms with Gasteiger partial charge in [-0.15, -0.1) is 0 Å². The Kier molecular flexibility index (Phi) is 5.06. The zero-order chi connectivity index (χ0) is 18.0. The number of aromatic nitrogens is 2. The van der Waals surface area contributed by atoms with Gasteiger partial charge in [0, 0.05) is 13.6 Å². The molecule has 25 heavy (non-hydrogen) atoms. The fourth-order valence-electron chi connectivity index (χ4n) is 2.55. The Balaban J connectivity index is 1.84. The molecule has 0 bridgehead atoms. The van der Waals surface area contributed by atoms with Gasteiger partial charge >= 0.3 is 0 Å². The van der Waals surface area contributed by atoms with Crippen molar-refractivity contribution in [1.82, 2.24) is 14.5 Å². The highest BCUT2D eigenvalue weighted by Gasteiger charge is 2.15. The summed E-state index contributed by atoms with van der Waals surface area (Å²) < 4.78 is 1.42. The molecule has 0 saturated heterocycles. The molecule has 0 unspecified atom stereocenters. The van der Waals surface area contributed by atoms with Crippen molar-refractivity contribution in [3.63, 3.8) is 0 Å². The first-order chi connectivity index (χ1) is 12.0. The van der Waals surface area contributed by atoms with Crippen LogP contribution in [0.4, 0.5) is 0 Å². The second-order valence-corrected chi connectivity index (χ2v) is 6.42. The van der Waals surface area contributed by atoms with Crippen molar-refractivity contribution < 1.29 is 4.79 Å². The summed E-state index contributed by atoms with van der Waals surface area (Å²) in [6, 6.07) is 12.5. The molecule has 3 aromatic rings. The molecule has 1 aromatic heterocycles. The summed E-state index contributed by atoms with van der Waals surface area (Å²) in [5.41, 5.74) is 1.71. The maximum atomic E-state index is 12.6. The molecular weight excluding hydrogens is 361 g/mol. The summed E-state index contributed by atoms with van der Waals surface area (Å²) in [6.07, 6.45) is 1.23. The third-order valence-electron chi connectivity index (χ3n) is 3.91. The lowest BCUT2D eigenvalue weighted by molar-refractivity contribution is -0.131. The van der Waals surface area contributed by atoms with Gasteiger partial charge in [0.25, 0.3) is 5.56 Å². The second-order valence-electron chi connectivity index (χ2n) is 5.63. The van der Waals surface area contributed by atoms with Crippen LogP contribution in [0.25, 0.3) is 11.0 Å². The minimum atomic E-state index is -0.318. The lowest BCUT2D eigenvalue weighted by atomic mass is 10.2. The van der Waals surface area contributed by atoms with Crippen LogP contribution in [0.5, 0.6) is 0 Å². The van der Waals surface area contributed by atoms with Crippen LogP contribution in [0.15, 0.2) is 53.5 Å². The highest BCUT2D eigenvalue weighted by atomic mass is 35.5. The van der Waals surface area contributed by atoms with E-state index in [4.69, 9.17) is 23.2 Å². The van der Waals surface area contributed by atoms with E-state index < -0.39 is 0 Å². The number of nitrogens with zero attached hydrogens (tertiary/aromatic N) is 3. The van der Waals surface area contributed by atoms with Crippen molar-refractivity contribution >= 4 is 40.1 Å². The Morgan fingerprint density at radius 1 is 1.16 bits per heavy atom. The van der Waals surface area contributed by atoms with Gasteiger partial charge in [0.05, 0.1) is 27.3 Å². The normalized spacial score (nSPS) is 10.8. The standard InChI is InChI=1S/C18H15Cl2N3O2/c1-22(10-12-5-4-6-13(19)18(12)20)17(25)11-23-15-8-3-2-7-14(15)21-9-16(23)24/h2-9H,10-11H2,1H3. The molecule has 5 nitrogen and oxygen atoms in total. The Morgan fingerprint density at radius 3 is 2.72 bits per heavy atom. The summed E-state index contributed by atoms with van der Waals surface area (Å²) in [6.45, 7) is 0.229. The van der Waals surface area contributed by atoms with Crippen molar-refractivity contribution in [3.8, 4) is 0 Å². The largest absolute Gasteiger partial charge is 0.340 e. The number of carbonyl (C=O) groups is 1. The van der Waals surface area contributed by atoms with Gasteiger partial charge in [-0.1, -0.05) is 47.5 Å². The third-order valence-corrected chi connectivity index (χ3v) is 4.77. The van der Waals surface area contributed by atoms with E-state index in [2.05, 4.69) is 4.98 Å². The van der Waals surface area contributed by atoms with E-state index in [0.29, 0.717) is 27.6 Å². The quantitative estimate of drug-likeness (QED) is 0.702. The molecule has 3 rings (SSSR count). The van der Waals surface area contributed by atoms with Crippen LogP contribution in [0.3, 0.4) is 0 Å². The predicted molar refractivity (Wildman–Crippen MR) is 98.9 cm³/mol. The van der Waals surface area contributed by atoms with E-state index in [1.54, 1.807) is 37.4 Å². The number of carbonyl (C=O) groups excluding carboxylic acids is 1. The lowest BCUT2D eigenvalue weighted by Crippen LogP contribution is -2.33. The Bertz CT molecular complexity index is 1000. The summed E-state index contributed by atoms with van der Waals surface area (Å²) >= 11 is 12.2. The van der Waals surface area contributed by atoms with Crippen LogP contribution in [-0.4, -0.2) is 27.4 Å².